The molecule has 0 aliphatic carbocycles. The fraction of sp³-hybridized carbons (Fsp3) is 0.250. The number of hydrogen-bond donors (Lipinski definition) is 1. The van der Waals surface area contributed by atoms with Crippen molar-refractivity contribution in [1.82, 2.24) is 4.90 Å². The van der Waals surface area contributed by atoms with Gasteiger partial charge in [0.2, 0.25) is 0 Å². The van der Waals surface area contributed by atoms with Crippen molar-refractivity contribution in [2.24, 2.45) is 0 Å². The zero-order valence-electron chi connectivity index (χ0n) is 11.2. The van der Waals surface area contributed by atoms with Gasteiger partial charge >= 0.3 is 0 Å². The van der Waals surface area contributed by atoms with Gasteiger partial charge in [-0.1, -0.05) is 28.1 Å². The van der Waals surface area contributed by atoms with E-state index in [1.807, 2.05) is 36.4 Å². The molecule has 3 rings (SSSR count). The molecule has 2 N–H and O–H groups in total. The highest BCUT2D eigenvalue weighted by molar-refractivity contribution is 9.10. The molecule has 1 heterocycles. The summed E-state index contributed by atoms with van der Waals surface area (Å²) in [6.07, 6.45) is 0. The zero-order chi connectivity index (χ0) is 13.9. The summed E-state index contributed by atoms with van der Waals surface area (Å²) in [4.78, 5) is 2.36. The van der Waals surface area contributed by atoms with Gasteiger partial charge in [0.15, 0.2) is 0 Å². The molecule has 0 amide bonds. The van der Waals surface area contributed by atoms with Crippen LogP contribution in [0.3, 0.4) is 0 Å². The van der Waals surface area contributed by atoms with Crippen LogP contribution in [0.5, 0.6) is 5.75 Å². The first-order valence-electron chi connectivity index (χ1n) is 6.69. The molecular formula is C16H17BrN2O. The van der Waals surface area contributed by atoms with Gasteiger partial charge in [-0.3, -0.25) is 4.90 Å². The Balaban J connectivity index is 1.51. The molecule has 2 aromatic rings. The second-order valence-corrected chi connectivity index (χ2v) is 5.91. The zero-order valence-corrected chi connectivity index (χ0v) is 12.8. The lowest BCUT2D eigenvalue weighted by molar-refractivity contribution is 0.211. The van der Waals surface area contributed by atoms with Crippen molar-refractivity contribution >= 4 is 21.6 Å². The Bertz CT molecular complexity index is 598. The third-order valence-electron chi connectivity index (χ3n) is 3.57. The van der Waals surface area contributed by atoms with Crippen LogP contribution in [-0.2, 0) is 13.1 Å². The highest BCUT2D eigenvalue weighted by Gasteiger charge is 2.20. The van der Waals surface area contributed by atoms with E-state index >= 15 is 0 Å². The molecule has 3 nitrogen and oxygen atoms in total. The van der Waals surface area contributed by atoms with E-state index in [0.717, 1.165) is 35.5 Å². The molecule has 2 aromatic carbocycles. The number of ether oxygens (including phenoxy) is 1. The summed E-state index contributed by atoms with van der Waals surface area (Å²) in [6.45, 7) is 3.48. The van der Waals surface area contributed by atoms with E-state index in [-0.39, 0.29) is 0 Å². The Morgan fingerprint density at radius 2 is 1.90 bits per heavy atom. The lowest BCUT2D eigenvalue weighted by atomic mass is 10.1. The van der Waals surface area contributed by atoms with E-state index in [2.05, 4.69) is 26.9 Å². The summed E-state index contributed by atoms with van der Waals surface area (Å²) in [5.41, 5.74) is 9.52. The fourth-order valence-corrected chi connectivity index (χ4v) is 2.76. The van der Waals surface area contributed by atoms with Crippen molar-refractivity contribution in [1.29, 1.82) is 0 Å². The largest absolute Gasteiger partial charge is 0.492 e. The summed E-state index contributed by atoms with van der Waals surface area (Å²) < 4.78 is 6.82. The summed E-state index contributed by atoms with van der Waals surface area (Å²) in [6, 6.07) is 14.1. The van der Waals surface area contributed by atoms with Gasteiger partial charge in [0.1, 0.15) is 12.4 Å². The molecule has 4 heteroatoms. The van der Waals surface area contributed by atoms with Crippen molar-refractivity contribution in [3.63, 3.8) is 0 Å². The Hall–Kier alpha value is -1.52. The average molecular weight is 333 g/mol. The first kappa shape index (κ1) is 13.5. The molecule has 1 aliphatic heterocycles. The molecule has 1 aliphatic rings. The van der Waals surface area contributed by atoms with Crippen molar-refractivity contribution in [3.8, 4) is 5.75 Å². The van der Waals surface area contributed by atoms with Crippen molar-refractivity contribution in [2.75, 3.05) is 18.9 Å². The Kier molecular flexibility index (Phi) is 3.94. The van der Waals surface area contributed by atoms with E-state index in [1.165, 1.54) is 11.1 Å². The van der Waals surface area contributed by atoms with Gasteiger partial charge in [0.05, 0.1) is 0 Å². The van der Waals surface area contributed by atoms with Crippen LogP contribution < -0.4 is 10.5 Å². The third kappa shape index (κ3) is 2.97. The lowest BCUT2D eigenvalue weighted by Crippen LogP contribution is -2.23. The maximum atomic E-state index is 6.01. The number of anilines is 1. The van der Waals surface area contributed by atoms with Gasteiger partial charge in [-0.25, -0.2) is 0 Å². The van der Waals surface area contributed by atoms with Gasteiger partial charge in [0.25, 0.3) is 0 Å². The minimum absolute atomic E-state index is 0.690. The minimum atomic E-state index is 0.690. The SMILES string of the molecule is Nc1cccc2c1CN(CCOc1ccc(Br)cc1)C2. The first-order valence-corrected chi connectivity index (χ1v) is 7.48. The number of fused-ring (bicyclic) bond motifs is 1. The lowest BCUT2D eigenvalue weighted by Gasteiger charge is -2.15. The number of halogens is 1. The quantitative estimate of drug-likeness (QED) is 0.872. The molecule has 0 bridgehead atoms. The summed E-state index contributed by atoms with van der Waals surface area (Å²) in [5, 5.41) is 0. The fourth-order valence-electron chi connectivity index (χ4n) is 2.50. The minimum Gasteiger partial charge on any atom is -0.492 e. The Morgan fingerprint density at radius 3 is 2.65 bits per heavy atom. The van der Waals surface area contributed by atoms with E-state index in [9.17, 15) is 0 Å². The predicted octanol–water partition coefficient (Wildman–Crippen LogP) is 3.43. The monoisotopic (exact) mass is 332 g/mol. The topological polar surface area (TPSA) is 38.5 Å². The van der Waals surface area contributed by atoms with E-state index < -0.39 is 0 Å². The second kappa shape index (κ2) is 5.85. The molecule has 0 atom stereocenters. The van der Waals surface area contributed by atoms with Crippen LogP contribution in [0.2, 0.25) is 0 Å². The number of nitrogen functional groups attached to an aromatic ring is 1. The van der Waals surface area contributed by atoms with Gasteiger partial charge < -0.3 is 10.5 Å². The van der Waals surface area contributed by atoms with Crippen LogP contribution >= 0.6 is 15.9 Å². The van der Waals surface area contributed by atoms with Crippen molar-refractivity contribution in [3.05, 3.63) is 58.1 Å². The number of benzene rings is 2. The number of nitrogens with two attached hydrogens (primary N) is 1. The van der Waals surface area contributed by atoms with Crippen LogP contribution in [0.25, 0.3) is 0 Å². The predicted molar refractivity (Wildman–Crippen MR) is 84.6 cm³/mol. The summed E-state index contributed by atoms with van der Waals surface area (Å²) >= 11 is 3.42. The van der Waals surface area contributed by atoms with E-state index in [4.69, 9.17) is 10.5 Å². The van der Waals surface area contributed by atoms with Crippen LogP contribution in [0, 0.1) is 0 Å². The first-order chi connectivity index (χ1) is 9.72. The highest BCUT2D eigenvalue weighted by atomic mass is 79.9. The van der Waals surface area contributed by atoms with Crippen molar-refractivity contribution < 1.29 is 4.74 Å². The Labute approximate surface area is 127 Å². The maximum absolute atomic E-state index is 6.01. The van der Waals surface area contributed by atoms with Crippen LogP contribution in [0.1, 0.15) is 11.1 Å². The van der Waals surface area contributed by atoms with Crippen LogP contribution in [0.4, 0.5) is 5.69 Å². The average Bonchev–Trinajstić information content (AvgIpc) is 2.85. The standard InChI is InChI=1S/C16H17BrN2O/c17-13-4-6-14(7-5-13)20-9-8-19-10-12-2-1-3-16(18)15(12)11-19/h1-7H,8-11,18H2. The number of rotatable bonds is 4. The van der Waals surface area contributed by atoms with Gasteiger partial charge in [-0.05, 0) is 41.5 Å². The van der Waals surface area contributed by atoms with Crippen LogP contribution in [-0.4, -0.2) is 18.1 Å². The molecule has 0 unspecified atom stereocenters. The molecule has 0 radical (unpaired) electrons. The number of nitrogens with zero attached hydrogens (tertiary/aromatic N) is 1. The van der Waals surface area contributed by atoms with Gasteiger partial charge in [-0.2, -0.15) is 0 Å². The summed E-state index contributed by atoms with van der Waals surface area (Å²) in [7, 11) is 0. The molecule has 0 saturated carbocycles. The highest BCUT2D eigenvalue weighted by Crippen LogP contribution is 2.27. The normalized spacial score (nSPS) is 14.2. The Morgan fingerprint density at radius 1 is 1.10 bits per heavy atom. The van der Waals surface area contributed by atoms with Crippen molar-refractivity contribution in [2.45, 2.75) is 13.1 Å². The van der Waals surface area contributed by atoms with E-state index in [1.54, 1.807) is 0 Å². The van der Waals surface area contributed by atoms with Crippen LogP contribution in [0.15, 0.2) is 46.9 Å². The van der Waals surface area contributed by atoms with E-state index in [0.29, 0.717) is 6.61 Å². The van der Waals surface area contributed by atoms with Gasteiger partial charge in [-0.15, -0.1) is 0 Å². The third-order valence-corrected chi connectivity index (χ3v) is 4.10. The van der Waals surface area contributed by atoms with Gasteiger partial charge in [0, 0.05) is 29.8 Å². The molecule has 0 spiro atoms. The molecule has 0 fully saturated rings. The molecule has 0 aromatic heterocycles. The number of hydrogen-bond acceptors (Lipinski definition) is 3. The molecular weight excluding hydrogens is 316 g/mol. The summed E-state index contributed by atoms with van der Waals surface area (Å²) in [5.74, 6) is 0.907. The maximum Gasteiger partial charge on any atom is 0.119 e. The smallest absolute Gasteiger partial charge is 0.119 e. The molecule has 0 saturated heterocycles. The molecule has 104 valence electrons. The molecule has 20 heavy (non-hydrogen) atoms. The second-order valence-electron chi connectivity index (χ2n) is 5.00.